The highest BCUT2D eigenvalue weighted by Gasteiger charge is 2.29. The van der Waals surface area contributed by atoms with E-state index in [2.05, 4.69) is 15.5 Å². The van der Waals surface area contributed by atoms with Crippen molar-refractivity contribution in [2.45, 2.75) is 12.7 Å². The summed E-state index contributed by atoms with van der Waals surface area (Å²) in [6, 6.07) is 6.69. The minimum Gasteiger partial charge on any atom is -0.379 e. The van der Waals surface area contributed by atoms with E-state index in [0.29, 0.717) is 12.2 Å². The van der Waals surface area contributed by atoms with Gasteiger partial charge < -0.3 is 5.32 Å². The first kappa shape index (κ1) is 11.5. The molecule has 0 radical (unpaired) electrons. The molecular weight excluding hydrogens is 231 g/mol. The number of anilines is 1. The maximum Gasteiger partial charge on any atom is 0.416 e. The summed E-state index contributed by atoms with van der Waals surface area (Å²) in [7, 11) is 0. The molecular formula is C11H10F3N3. The van der Waals surface area contributed by atoms with E-state index in [4.69, 9.17) is 0 Å². The second kappa shape index (κ2) is 4.48. The molecule has 0 spiro atoms. The third kappa shape index (κ3) is 2.99. The monoisotopic (exact) mass is 241 g/mol. The Hall–Kier alpha value is -1.98. The van der Waals surface area contributed by atoms with Gasteiger partial charge >= 0.3 is 6.18 Å². The minimum atomic E-state index is -4.29. The Bertz CT molecular complexity index is 460. The number of benzene rings is 1. The second-order valence-electron chi connectivity index (χ2n) is 3.51. The fourth-order valence-corrected chi connectivity index (χ4v) is 1.36. The summed E-state index contributed by atoms with van der Waals surface area (Å²) in [6.07, 6.45) is -2.67. The number of aromatic nitrogens is 2. The molecule has 6 heteroatoms. The fraction of sp³-hybridized carbons (Fsp3) is 0.182. The summed E-state index contributed by atoms with van der Waals surface area (Å²) in [6.45, 7) is 0.491. The Balaban J connectivity index is 1.99. The Morgan fingerprint density at radius 1 is 1.12 bits per heavy atom. The Labute approximate surface area is 95.7 Å². The third-order valence-electron chi connectivity index (χ3n) is 2.25. The van der Waals surface area contributed by atoms with Gasteiger partial charge in [-0.15, -0.1) is 0 Å². The smallest absolute Gasteiger partial charge is 0.379 e. The van der Waals surface area contributed by atoms with Crippen LogP contribution >= 0.6 is 0 Å². The van der Waals surface area contributed by atoms with Gasteiger partial charge in [0.05, 0.1) is 17.8 Å². The van der Waals surface area contributed by atoms with Crippen molar-refractivity contribution in [1.82, 2.24) is 10.2 Å². The predicted molar refractivity (Wildman–Crippen MR) is 57.4 cm³/mol. The predicted octanol–water partition coefficient (Wildman–Crippen LogP) is 3.04. The van der Waals surface area contributed by atoms with Gasteiger partial charge in [0.15, 0.2) is 0 Å². The van der Waals surface area contributed by atoms with Crippen LogP contribution < -0.4 is 5.32 Å². The topological polar surface area (TPSA) is 40.7 Å². The molecule has 1 heterocycles. The quantitative estimate of drug-likeness (QED) is 0.867. The zero-order valence-corrected chi connectivity index (χ0v) is 8.75. The highest BCUT2D eigenvalue weighted by molar-refractivity contribution is 5.45. The molecule has 1 aromatic heterocycles. The van der Waals surface area contributed by atoms with E-state index in [0.717, 1.165) is 17.8 Å². The van der Waals surface area contributed by atoms with Gasteiger partial charge in [-0.05, 0) is 30.3 Å². The number of hydrogen-bond acceptors (Lipinski definition) is 2. The van der Waals surface area contributed by atoms with Crippen molar-refractivity contribution in [2.75, 3.05) is 5.32 Å². The summed E-state index contributed by atoms with van der Waals surface area (Å²) < 4.78 is 36.9. The molecule has 17 heavy (non-hydrogen) atoms. The molecule has 0 amide bonds. The molecule has 0 atom stereocenters. The number of nitrogens with zero attached hydrogens (tertiary/aromatic N) is 1. The van der Waals surface area contributed by atoms with Crippen LogP contribution in [0.3, 0.4) is 0 Å². The minimum absolute atomic E-state index is 0.491. The zero-order valence-electron chi connectivity index (χ0n) is 8.75. The average molecular weight is 241 g/mol. The van der Waals surface area contributed by atoms with E-state index in [1.807, 2.05) is 0 Å². The second-order valence-corrected chi connectivity index (χ2v) is 3.51. The molecule has 2 aromatic rings. The van der Waals surface area contributed by atoms with Crippen molar-refractivity contribution in [3.05, 3.63) is 47.8 Å². The van der Waals surface area contributed by atoms with Gasteiger partial charge in [-0.1, -0.05) is 0 Å². The van der Waals surface area contributed by atoms with E-state index in [1.165, 1.54) is 12.1 Å². The maximum atomic E-state index is 12.3. The van der Waals surface area contributed by atoms with Crippen LogP contribution in [0.4, 0.5) is 18.9 Å². The number of hydrogen-bond donors (Lipinski definition) is 2. The first-order valence-corrected chi connectivity index (χ1v) is 4.95. The summed E-state index contributed by atoms with van der Waals surface area (Å²) in [4.78, 5) is 0. The van der Waals surface area contributed by atoms with Crippen LogP contribution in [0.25, 0.3) is 0 Å². The van der Waals surface area contributed by atoms with Gasteiger partial charge in [0.25, 0.3) is 0 Å². The molecule has 0 unspecified atom stereocenters. The van der Waals surface area contributed by atoms with E-state index >= 15 is 0 Å². The maximum absolute atomic E-state index is 12.3. The van der Waals surface area contributed by atoms with Crippen LogP contribution in [0.1, 0.15) is 11.3 Å². The van der Waals surface area contributed by atoms with Crippen LogP contribution in [-0.4, -0.2) is 10.2 Å². The van der Waals surface area contributed by atoms with Gasteiger partial charge in [-0.2, -0.15) is 18.3 Å². The normalized spacial score (nSPS) is 11.5. The Kier molecular flexibility index (Phi) is 3.03. The van der Waals surface area contributed by atoms with Crippen molar-refractivity contribution in [1.29, 1.82) is 0 Å². The van der Waals surface area contributed by atoms with Crippen molar-refractivity contribution < 1.29 is 13.2 Å². The van der Waals surface area contributed by atoms with Crippen molar-refractivity contribution in [2.24, 2.45) is 0 Å². The van der Waals surface area contributed by atoms with Gasteiger partial charge in [-0.3, -0.25) is 5.10 Å². The van der Waals surface area contributed by atoms with Crippen LogP contribution in [0.5, 0.6) is 0 Å². The van der Waals surface area contributed by atoms with Gasteiger partial charge in [0.2, 0.25) is 0 Å². The molecule has 0 bridgehead atoms. The molecule has 2 rings (SSSR count). The number of H-pyrrole nitrogens is 1. The Morgan fingerprint density at radius 3 is 2.35 bits per heavy atom. The summed E-state index contributed by atoms with van der Waals surface area (Å²) >= 11 is 0. The molecule has 2 N–H and O–H groups in total. The van der Waals surface area contributed by atoms with Crippen LogP contribution in [0, 0.1) is 0 Å². The molecule has 3 nitrogen and oxygen atoms in total. The van der Waals surface area contributed by atoms with E-state index in [-0.39, 0.29) is 0 Å². The SMILES string of the molecule is FC(F)(F)c1ccc(NCc2ccn[nH]2)cc1. The lowest BCUT2D eigenvalue weighted by molar-refractivity contribution is -0.137. The van der Waals surface area contributed by atoms with Gasteiger partial charge in [0.1, 0.15) is 0 Å². The first-order valence-electron chi connectivity index (χ1n) is 4.95. The molecule has 90 valence electrons. The standard InChI is InChI=1S/C11H10F3N3/c12-11(13,14)8-1-3-9(4-2-8)15-7-10-5-6-16-17-10/h1-6,15H,7H2,(H,16,17). The van der Waals surface area contributed by atoms with Crippen LogP contribution in [0.2, 0.25) is 0 Å². The van der Waals surface area contributed by atoms with E-state index < -0.39 is 11.7 Å². The summed E-state index contributed by atoms with van der Waals surface area (Å²) in [5.41, 5.74) is 0.849. The lowest BCUT2D eigenvalue weighted by Crippen LogP contribution is -2.05. The van der Waals surface area contributed by atoms with E-state index in [1.54, 1.807) is 12.3 Å². The molecule has 0 aliphatic rings. The van der Waals surface area contributed by atoms with Crippen molar-refractivity contribution >= 4 is 5.69 Å². The number of alkyl halides is 3. The fourth-order valence-electron chi connectivity index (χ4n) is 1.36. The molecule has 1 aromatic carbocycles. The highest BCUT2D eigenvalue weighted by Crippen LogP contribution is 2.29. The van der Waals surface area contributed by atoms with Crippen LogP contribution in [-0.2, 0) is 12.7 Å². The van der Waals surface area contributed by atoms with Crippen molar-refractivity contribution in [3.8, 4) is 0 Å². The van der Waals surface area contributed by atoms with Crippen LogP contribution in [0.15, 0.2) is 36.5 Å². The molecule has 0 saturated carbocycles. The number of halogens is 3. The summed E-state index contributed by atoms with van der Waals surface area (Å²) in [5.74, 6) is 0. The number of aromatic amines is 1. The Morgan fingerprint density at radius 2 is 1.82 bits per heavy atom. The average Bonchev–Trinajstić information content (AvgIpc) is 2.78. The first-order chi connectivity index (χ1) is 8.05. The van der Waals surface area contributed by atoms with Crippen molar-refractivity contribution in [3.63, 3.8) is 0 Å². The number of rotatable bonds is 3. The van der Waals surface area contributed by atoms with E-state index in [9.17, 15) is 13.2 Å². The third-order valence-corrected chi connectivity index (χ3v) is 2.25. The zero-order chi connectivity index (χ0) is 12.3. The highest BCUT2D eigenvalue weighted by atomic mass is 19.4. The van der Waals surface area contributed by atoms with Gasteiger partial charge in [0, 0.05) is 11.9 Å². The molecule has 0 saturated heterocycles. The molecule has 0 aliphatic heterocycles. The largest absolute Gasteiger partial charge is 0.416 e. The van der Waals surface area contributed by atoms with Gasteiger partial charge in [-0.25, -0.2) is 0 Å². The lowest BCUT2D eigenvalue weighted by Gasteiger charge is -2.08. The lowest BCUT2D eigenvalue weighted by atomic mass is 10.2. The molecule has 0 fully saturated rings. The summed E-state index contributed by atoms with van der Waals surface area (Å²) in [5, 5.41) is 9.50. The number of nitrogens with one attached hydrogen (secondary N) is 2. The molecule has 0 aliphatic carbocycles.